The van der Waals surface area contributed by atoms with Crippen LogP contribution in [0.1, 0.15) is 55.9 Å². The molecule has 156 valence electrons. The van der Waals surface area contributed by atoms with Gasteiger partial charge in [0.2, 0.25) is 0 Å². The summed E-state index contributed by atoms with van der Waals surface area (Å²) < 4.78 is 18.3. The predicted molar refractivity (Wildman–Crippen MR) is 124 cm³/mol. The van der Waals surface area contributed by atoms with Gasteiger partial charge in [0.15, 0.2) is 0 Å². The lowest BCUT2D eigenvalue weighted by molar-refractivity contribution is 0.158. The fourth-order valence-electron chi connectivity index (χ4n) is 3.89. The summed E-state index contributed by atoms with van der Waals surface area (Å²) in [5.41, 5.74) is 5.27. The van der Waals surface area contributed by atoms with Crippen molar-refractivity contribution in [1.29, 1.82) is 0 Å². The molecule has 0 atom stereocenters. The Morgan fingerprint density at radius 3 is 2.87 bits per heavy atom. The molecule has 0 aromatic heterocycles. The molecule has 2 aliphatic rings. The molecule has 0 amide bonds. The van der Waals surface area contributed by atoms with Gasteiger partial charge in [0.1, 0.15) is 36.1 Å². The highest BCUT2D eigenvalue weighted by Crippen LogP contribution is 2.43. The molecule has 0 saturated carbocycles. The molecule has 2 aliphatic heterocycles. The summed E-state index contributed by atoms with van der Waals surface area (Å²) in [6.45, 7) is 11.1. The number of aryl methyl sites for hydroxylation is 1. The second-order valence-electron chi connectivity index (χ2n) is 8.43. The first-order valence-electron chi connectivity index (χ1n) is 10.8. The van der Waals surface area contributed by atoms with Gasteiger partial charge in [0.05, 0.1) is 5.56 Å². The third-order valence-electron chi connectivity index (χ3n) is 5.48. The van der Waals surface area contributed by atoms with Crippen LogP contribution in [0, 0.1) is 0 Å². The zero-order valence-corrected chi connectivity index (χ0v) is 18.2. The van der Waals surface area contributed by atoms with E-state index in [9.17, 15) is 0 Å². The van der Waals surface area contributed by atoms with Crippen LogP contribution in [0.2, 0.25) is 0 Å². The Hall–Kier alpha value is -2.94. The van der Waals surface area contributed by atoms with Gasteiger partial charge in [-0.3, -0.25) is 0 Å². The highest BCUT2D eigenvalue weighted by molar-refractivity contribution is 5.89. The molecule has 2 aromatic rings. The van der Waals surface area contributed by atoms with E-state index in [1.807, 2.05) is 6.07 Å². The summed E-state index contributed by atoms with van der Waals surface area (Å²) in [5, 5.41) is 0. The molecule has 3 nitrogen and oxygen atoms in total. The third-order valence-corrected chi connectivity index (χ3v) is 5.48. The van der Waals surface area contributed by atoms with Crippen molar-refractivity contribution < 1.29 is 14.2 Å². The van der Waals surface area contributed by atoms with E-state index in [4.69, 9.17) is 14.2 Å². The first kappa shape index (κ1) is 20.3. The summed E-state index contributed by atoms with van der Waals surface area (Å²) in [6.07, 6.45) is 11.6. The second kappa shape index (κ2) is 8.43. The molecule has 30 heavy (non-hydrogen) atoms. The average molecular weight is 403 g/mol. The number of benzene rings is 2. The molecule has 0 unspecified atom stereocenters. The normalized spacial score (nSPS) is 15.9. The van der Waals surface area contributed by atoms with Gasteiger partial charge in [-0.05, 0) is 68.7 Å². The standard InChI is InChI=1S/C27H30O3/c1-5-7-8-19-9-11-22(25(16-19)28-15-6-2)21-17-20-10-12-24-23(26(20)29-18-21)13-14-27(3,4)30-24/h6,9-14,16-17H,2,5,7-8,15,18H2,1,3-4H3. The number of rotatable bonds is 7. The lowest BCUT2D eigenvalue weighted by Crippen LogP contribution is -2.27. The van der Waals surface area contributed by atoms with Gasteiger partial charge in [-0.15, -0.1) is 0 Å². The van der Waals surface area contributed by atoms with Crippen molar-refractivity contribution in [2.45, 2.75) is 45.6 Å². The van der Waals surface area contributed by atoms with Gasteiger partial charge >= 0.3 is 0 Å². The van der Waals surface area contributed by atoms with Crippen LogP contribution in [0.3, 0.4) is 0 Å². The van der Waals surface area contributed by atoms with E-state index in [2.05, 4.69) is 69.8 Å². The molecule has 2 aromatic carbocycles. The predicted octanol–water partition coefficient (Wildman–Crippen LogP) is 6.71. The maximum absolute atomic E-state index is 6.24. The maximum atomic E-state index is 6.24. The smallest absolute Gasteiger partial charge is 0.137 e. The van der Waals surface area contributed by atoms with Crippen molar-refractivity contribution in [2.24, 2.45) is 0 Å². The van der Waals surface area contributed by atoms with Crippen LogP contribution in [0.4, 0.5) is 0 Å². The molecule has 0 spiro atoms. The van der Waals surface area contributed by atoms with E-state index in [-0.39, 0.29) is 5.60 Å². The van der Waals surface area contributed by atoms with Crippen molar-refractivity contribution in [2.75, 3.05) is 13.2 Å². The van der Waals surface area contributed by atoms with Crippen LogP contribution in [-0.4, -0.2) is 18.8 Å². The Morgan fingerprint density at radius 2 is 2.07 bits per heavy atom. The van der Waals surface area contributed by atoms with E-state index >= 15 is 0 Å². The van der Waals surface area contributed by atoms with E-state index in [1.54, 1.807) is 6.08 Å². The number of ether oxygens (including phenoxy) is 3. The summed E-state index contributed by atoms with van der Waals surface area (Å²) in [7, 11) is 0. The van der Waals surface area contributed by atoms with Crippen LogP contribution < -0.4 is 14.2 Å². The maximum Gasteiger partial charge on any atom is 0.137 e. The zero-order valence-electron chi connectivity index (χ0n) is 18.2. The van der Waals surface area contributed by atoms with Crippen LogP contribution >= 0.6 is 0 Å². The summed E-state index contributed by atoms with van der Waals surface area (Å²) in [5.74, 6) is 2.65. The van der Waals surface area contributed by atoms with Gasteiger partial charge in [0, 0.05) is 16.7 Å². The lowest BCUT2D eigenvalue weighted by Gasteiger charge is -2.30. The lowest BCUT2D eigenvalue weighted by atomic mass is 9.94. The largest absolute Gasteiger partial charge is 0.489 e. The molecule has 0 radical (unpaired) electrons. The summed E-state index contributed by atoms with van der Waals surface area (Å²) >= 11 is 0. The fraction of sp³-hybridized carbons (Fsp3) is 0.333. The summed E-state index contributed by atoms with van der Waals surface area (Å²) in [4.78, 5) is 0. The Labute approximate surface area is 179 Å². The number of fused-ring (bicyclic) bond motifs is 3. The Balaban J connectivity index is 1.69. The highest BCUT2D eigenvalue weighted by Gasteiger charge is 2.26. The first-order valence-corrected chi connectivity index (χ1v) is 10.8. The molecule has 0 saturated heterocycles. The van der Waals surface area contributed by atoms with Crippen LogP contribution in [0.15, 0.2) is 49.1 Å². The van der Waals surface area contributed by atoms with E-state index in [1.165, 1.54) is 18.4 Å². The minimum absolute atomic E-state index is 0.298. The van der Waals surface area contributed by atoms with E-state index in [0.717, 1.165) is 45.9 Å². The van der Waals surface area contributed by atoms with Gasteiger partial charge in [0.25, 0.3) is 0 Å². The molecule has 0 fully saturated rings. The molecule has 0 aliphatic carbocycles. The molecule has 3 heteroatoms. The minimum atomic E-state index is -0.298. The second-order valence-corrected chi connectivity index (χ2v) is 8.43. The average Bonchev–Trinajstić information content (AvgIpc) is 2.75. The number of hydrogen-bond donors (Lipinski definition) is 0. The molecular weight excluding hydrogens is 372 g/mol. The van der Waals surface area contributed by atoms with E-state index in [0.29, 0.717) is 13.2 Å². The quantitative estimate of drug-likeness (QED) is 0.482. The van der Waals surface area contributed by atoms with Gasteiger partial charge in [-0.25, -0.2) is 0 Å². The van der Waals surface area contributed by atoms with Crippen LogP contribution in [-0.2, 0) is 6.42 Å². The zero-order chi connectivity index (χ0) is 21.1. The first-order chi connectivity index (χ1) is 14.5. The molecule has 4 rings (SSSR count). The number of hydrogen-bond acceptors (Lipinski definition) is 3. The van der Waals surface area contributed by atoms with Gasteiger partial charge < -0.3 is 14.2 Å². The van der Waals surface area contributed by atoms with Crippen molar-refractivity contribution in [3.8, 4) is 17.2 Å². The Kier molecular flexibility index (Phi) is 5.72. The van der Waals surface area contributed by atoms with Crippen molar-refractivity contribution in [3.63, 3.8) is 0 Å². The highest BCUT2D eigenvalue weighted by atomic mass is 16.5. The van der Waals surface area contributed by atoms with Gasteiger partial charge in [-0.2, -0.15) is 0 Å². The Morgan fingerprint density at radius 1 is 1.20 bits per heavy atom. The van der Waals surface area contributed by atoms with Crippen molar-refractivity contribution in [3.05, 3.63) is 71.3 Å². The molecule has 0 N–H and O–H groups in total. The Bertz CT molecular complexity index is 1010. The number of unbranched alkanes of at least 4 members (excludes halogenated alkanes) is 1. The SMILES string of the molecule is C=CCOc1cc(CCCC)ccc1C1=Cc2ccc3c(c2OC1)C=CC(C)(C)O3. The molecular formula is C27H30O3. The molecule has 0 bridgehead atoms. The van der Waals surface area contributed by atoms with Crippen molar-refractivity contribution >= 4 is 17.7 Å². The van der Waals surface area contributed by atoms with Gasteiger partial charge in [-0.1, -0.05) is 38.1 Å². The third kappa shape index (κ3) is 4.16. The van der Waals surface area contributed by atoms with Crippen LogP contribution in [0.25, 0.3) is 17.7 Å². The van der Waals surface area contributed by atoms with Crippen molar-refractivity contribution in [1.82, 2.24) is 0 Å². The monoisotopic (exact) mass is 402 g/mol. The molecule has 2 heterocycles. The minimum Gasteiger partial charge on any atom is -0.489 e. The topological polar surface area (TPSA) is 27.7 Å². The summed E-state index contributed by atoms with van der Waals surface area (Å²) in [6, 6.07) is 10.6. The van der Waals surface area contributed by atoms with E-state index < -0.39 is 0 Å². The van der Waals surface area contributed by atoms with Crippen LogP contribution in [0.5, 0.6) is 17.2 Å². The fourth-order valence-corrected chi connectivity index (χ4v) is 3.89.